The number of thiol groups is 1. The lowest BCUT2D eigenvalue weighted by Crippen LogP contribution is -1.74. The van der Waals surface area contributed by atoms with Gasteiger partial charge in [0.2, 0.25) is 0 Å². The maximum absolute atomic E-state index is 9.30. The first-order chi connectivity index (χ1) is 2.77. The van der Waals surface area contributed by atoms with Crippen LogP contribution >= 0.6 is 11.6 Å². The predicted molar refractivity (Wildman–Crippen MR) is 21.6 cm³/mol. The van der Waals surface area contributed by atoms with E-state index >= 15 is 0 Å². The Morgan fingerprint density at radius 1 is 1.67 bits per heavy atom. The highest BCUT2D eigenvalue weighted by Crippen LogP contribution is 1.83. The molecule has 3 nitrogen and oxygen atoms in total. The van der Waals surface area contributed by atoms with E-state index in [-0.39, 0.29) is 0 Å². The van der Waals surface area contributed by atoms with Gasteiger partial charge in [0.1, 0.15) is 0 Å². The van der Waals surface area contributed by atoms with Gasteiger partial charge in [-0.05, 0) is 0 Å². The van der Waals surface area contributed by atoms with E-state index < -0.39 is 11.0 Å². The van der Waals surface area contributed by atoms with E-state index in [9.17, 15) is 8.42 Å². The Morgan fingerprint density at radius 2 is 2.17 bits per heavy atom. The van der Waals surface area contributed by atoms with Crippen molar-refractivity contribution in [3.05, 3.63) is 6.07 Å². The van der Waals surface area contributed by atoms with Gasteiger partial charge in [-0.25, -0.2) is 12.6 Å². The van der Waals surface area contributed by atoms with Crippen LogP contribution in [0.3, 0.4) is 0 Å². The molecule has 0 unspecified atom stereocenters. The third kappa shape index (κ3) is 4.20. The van der Waals surface area contributed by atoms with Crippen LogP contribution in [0.4, 0.5) is 0 Å². The SMILES string of the molecule is O=[SH](=O)O[CH]Cl. The monoisotopic (exact) mass is 129 g/mol. The molecule has 0 spiro atoms. The zero-order valence-electron chi connectivity index (χ0n) is 2.63. The average molecular weight is 130 g/mol. The molecule has 0 aliphatic rings. The first-order valence-electron chi connectivity index (χ1n) is 1.00. The molecule has 0 heterocycles. The molecule has 0 aliphatic carbocycles. The molecule has 0 fully saturated rings. The summed E-state index contributed by atoms with van der Waals surface area (Å²) < 4.78 is 22.2. The third-order valence-electron chi connectivity index (χ3n) is 0.126. The zero-order valence-corrected chi connectivity index (χ0v) is 4.28. The van der Waals surface area contributed by atoms with Gasteiger partial charge < -0.3 is 0 Å². The number of hydrogen-bond acceptors (Lipinski definition) is 3. The van der Waals surface area contributed by atoms with Gasteiger partial charge in [0.15, 0.2) is 6.07 Å². The molecular formula is CH2ClO3S. The van der Waals surface area contributed by atoms with E-state index in [1.54, 1.807) is 0 Å². The summed E-state index contributed by atoms with van der Waals surface area (Å²) in [6, 6.07) is 0.575. The molecule has 6 heavy (non-hydrogen) atoms. The topological polar surface area (TPSA) is 43.4 Å². The van der Waals surface area contributed by atoms with Crippen molar-refractivity contribution in [1.29, 1.82) is 0 Å². The van der Waals surface area contributed by atoms with Crippen molar-refractivity contribution < 1.29 is 12.6 Å². The second-order valence-corrected chi connectivity index (χ2v) is 1.25. The molecule has 0 saturated carbocycles. The minimum atomic E-state index is -2.79. The Labute approximate surface area is 42.0 Å². The summed E-state index contributed by atoms with van der Waals surface area (Å²) in [6.07, 6.45) is 0. The number of hydrogen-bond donors (Lipinski definition) is 1. The fraction of sp³-hybridized carbons (Fsp3) is 0. The van der Waals surface area contributed by atoms with Crippen LogP contribution in [0.2, 0.25) is 0 Å². The Morgan fingerprint density at radius 3 is 2.17 bits per heavy atom. The van der Waals surface area contributed by atoms with Gasteiger partial charge in [-0.3, -0.25) is 0 Å². The van der Waals surface area contributed by atoms with Gasteiger partial charge >= 0.3 is 0 Å². The van der Waals surface area contributed by atoms with E-state index in [4.69, 9.17) is 0 Å². The lowest BCUT2D eigenvalue weighted by molar-refractivity contribution is 0.447. The van der Waals surface area contributed by atoms with E-state index in [0.717, 1.165) is 0 Å². The van der Waals surface area contributed by atoms with E-state index in [2.05, 4.69) is 15.8 Å². The minimum Gasteiger partial charge on any atom is -0.248 e. The highest BCUT2D eigenvalue weighted by molar-refractivity contribution is 7.67. The summed E-state index contributed by atoms with van der Waals surface area (Å²) in [6.45, 7) is 0. The molecule has 5 heteroatoms. The fourth-order valence-electron chi connectivity index (χ4n) is 0.0325. The molecule has 0 aromatic carbocycles. The van der Waals surface area contributed by atoms with Crippen LogP contribution in [0.25, 0.3) is 0 Å². The first-order valence-corrected chi connectivity index (χ1v) is 2.53. The summed E-state index contributed by atoms with van der Waals surface area (Å²) in [5, 5.41) is 0. The van der Waals surface area contributed by atoms with Gasteiger partial charge in [-0.1, -0.05) is 11.6 Å². The quantitative estimate of drug-likeness (QED) is 0.529. The molecule has 0 aromatic heterocycles. The maximum Gasteiger partial charge on any atom is 0.258 e. The summed E-state index contributed by atoms with van der Waals surface area (Å²) in [5.74, 6) is 0. The largest absolute Gasteiger partial charge is 0.258 e. The zero-order chi connectivity index (χ0) is 4.99. The molecule has 0 amide bonds. The van der Waals surface area contributed by atoms with Gasteiger partial charge in [0.25, 0.3) is 11.0 Å². The molecule has 0 aliphatic heterocycles. The molecule has 0 aromatic rings. The third-order valence-corrected chi connectivity index (χ3v) is 0.617. The summed E-state index contributed by atoms with van der Waals surface area (Å²) in [5.41, 5.74) is 0. The van der Waals surface area contributed by atoms with Crippen LogP contribution in [0.15, 0.2) is 0 Å². The van der Waals surface area contributed by atoms with Crippen molar-refractivity contribution in [2.45, 2.75) is 0 Å². The lowest BCUT2D eigenvalue weighted by atomic mass is 11.7. The molecule has 0 bridgehead atoms. The highest BCUT2D eigenvalue weighted by Gasteiger charge is 1.75. The van der Waals surface area contributed by atoms with Crippen LogP contribution in [0.1, 0.15) is 0 Å². The predicted octanol–water partition coefficient (Wildman–Crippen LogP) is -0.113. The Balaban J connectivity index is 3.07. The fourth-order valence-corrected chi connectivity index (χ4v) is 0.293. The van der Waals surface area contributed by atoms with Gasteiger partial charge in [-0.15, -0.1) is 0 Å². The lowest BCUT2D eigenvalue weighted by Gasteiger charge is -1.74. The van der Waals surface area contributed by atoms with Crippen LogP contribution in [-0.2, 0) is 15.2 Å². The van der Waals surface area contributed by atoms with Crippen molar-refractivity contribution in [3.63, 3.8) is 0 Å². The smallest absolute Gasteiger partial charge is 0.248 e. The first kappa shape index (κ1) is 6.20. The minimum absolute atomic E-state index is 0.575. The van der Waals surface area contributed by atoms with E-state index in [0.29, 0.717) is 6.07 Å². The Bertz CT molecular complexity index is 78.8. The summed E-state index contributed by atoms with van der Waals surface area (Å²) in [4.78, 5) is 0. The molecule has 0 atom stereocenters. The standard InChI is InChI=1S/CH2ClO3S/c2-1-5-6(3)4/h1,6H. The van der Waals surface area contributed by atoms with Crippen molar-refractivity contribution in [2.75, 3.05) is 0 Å². The maximum atomic E-state index is 9.30. The van der Waals surface area contributed by atoms with Crippen LogP contribution in [-0.4, -0.2) is 8.42 Å². The van der Waals surface area contributed by atoms with E-state index in [1.807, 2.05) is 0 Å². The molecule has 0 rings (SSSR count). The normalized spacial score (nSPS) is 9.67. The van der Waals surface area contributed by atoms with Gasteiger partial charge in [0.05, 0.1) is 0 Å². The van der Waals surface area contributed by atoms with E-state index in [1.165, 1.54) is 0 Å². The van der Waals surface area contributed by atoms with Crippen molar-refractivity contribution in [1.82, 2.24) is 0 Å². The Hall–Kier alpha value is 0.200. The Kier molecular flexibility index (Phi) is 3.51. The second-order valence-electron chi connectivity index (χ2n) is 0.418. The molecule has 0 N–H and O–H groups in total. The van der Waals surface area contributed by atoms with Crippen LogP contribution < -0.4 is 0 Å². The molecular weight excluding hydrogens is 128 g/mol. The summed E-state index contributed by atoms with van der Waals surface area (Å²) >= 11 is 4.67. The van der Waals surface area contributed by atoms with Crippen LogP contribution in [0, 0.1) is 6.07 Å². The van der Waals surface area contributed by atoms with Crippen molar-refractivity contribution >= 4 is 22.6 Å². The van der Waals surface area contributed by atoms with Gasteiger partial charge in [0, 0.05) is 0 Å². The second kappa shape index (κ2) is 3.39. The van der Waals surface area contributed by atoms with Crippen molar-refractivity contribution in [3.8, 4) is 0 Å². The number of rotatable bonds is 2. The number of halogens is 1. The molecule has 1 radical (unpaired) electrons. The highest BCUT2D eigenvalue weighted by atomic mass is 35.5. The molecule has 0 saturated heterocycles. The molecule has 37 valence electrons. The summed E-state index contributed by atoms with van der Waals surface area (Å²) in [7, 11) is -2.79. The average Bonchev–Trinajstić information content (AvgIpc) is 1.35. The van der Waals surface area contributed by atoms with Crippen molar-refractivity contribution in [2.24, 2.45) is 0 Å². The van der Waals surface area contributed by atoms with Gasteiger partial charge in [-0.2, -0.15) is 0 Å². The van der Waals surface area contributed by atoms with Crippen LogP contribution in [0.5, 0.6) is 0 Å².